The zero-order chi connectivity index (χ0) is 18.4. The molecular formula is C16H15F3N2O4. The van der Waals surface area contributed by atoms with Crippen LogP contribution < -0.4 is 10.6 Å². The lowest BCUT2D eigenvalue weighted by Crippen LogP contribution is -2.42. The number of imide groups is 1. The highest BCUT2D eigenvalue weighted by Gasteiger charge is 2.29. The van der Waals surface area contributed by atoms with Gasteiger partial charge < -0.3 is 10.1 Å². The van der Waals surface area contributed by atoms with E-state index in [1.54, 1.807) is 0 Å². The van der Waals surface area contributed by atoms with E-state index in [1.165, 1.54) is 18.2 Å². The van der Waals surface area contributed by atoms with E-state index in [4.69, 9.17) is 0 Å². The molecule has 1 aromatic rings. The van der Waals surface area contributed by atoms with Crippen LogP contribution in [0.1, 0.15) is 24.0 Å². The van der Waals surface area contributed by atoms with Gasteiger partial charge in [-0.1, -0.05) is 12.1 Å². The zero-order valence-corrected chi connectivity index (χ0v) is 12.9. The maximum atomic E-state index is 12.4. The molecule has 0 aromatic heterocycles. The van der Waals surface area contributed by atoms with Gasteiger partial charge in [0.25, 0.3) is 5.91 Å². The highest BCUT2D eigenvalue weighted by molar-refractivity contribution is 5.96. The van der Waals surface area contributed by atoms with Crippen LogP contribution in [0, 0.1) is 0 Å². The minimum absolute atomic E-state index is 0.0852. The third-order valence-electron chi connectivity index (χ3n) is 3.16. The van der Waals surface area contributed by atoms with Crippen molar-refractivity contribution in [3.05, 3.63) is 41.5 Å². The standard InChI is InChI=1S/C16H15F3N2O4/c17-16(18,19)11-4-1-10(2-5-11)3-8-14(23)25-9-13(22)21-15(24)20-12-6-7-12/h1-5,8,12H,6-7,9H2,(H2,20,21,22,24)/b8-3+. The molecule has 1 aromatic carbocycles. The summed E-state index contributed by atoms with van der Waals surface area (Å²) in [6.07, 6.45) is -0.475. The van der Waals surface area contributed by atoms with Crippen LogP contribution in [-0.4, -0.2) is 30.6 Å². The Bertz CT molecular complexity index is 680. The number of hydrogen-bond donors (Lipinski definition) is 2. The average Bonchev–Trinajstić information content (AvgIpc) is 3.34. The van der Waals surface area contributed by atoms with Gasteiger partial charge in [0.1, 0.15) is 0 Å². The summed E-state index contributed by atoms with van der Waals surface area (Å²) < 4.78 is 41.9. The number of amides is 3. The third kappa shape index (κ3) is 6.66. The van der Waals surface area contributed by atoms with Gasteiger partial charge in [-0.05, 0) is 36.6 Å². The zero-order valence-electron chi connectivity index (χ0n) is 12.9. The predicted molar refractivity (Wildman–Crippen MR) is 81.1 cm³/mol. The summed E-state index contributed by atoms with van der Waals surface area (Å²) in [5.41, 5.74) is -0.438. The van der Waals surface area contributed by atoms with Crippen molar-refractivity contribution >= 4 is 24.0 Å². The monoisotopic (exact) mass is 356 g/mol. The number of alkyl halides is 3. The van der Waals surface area contributed by atoms with Crippen LogP contribution in [0.5, 0.6) is 0 Å². The first kappa shape index (κ1) is 18.5. The van der Waals surface area contributed by atoms with Crippen molar-refractivity contribution in [2.45, 2.75) is 25.1 Å². The fraction of sp³-hybridized carbons (Fsp3) is 0.312. The van der Waals surface area contributed by atoms with E-state index in [-0.39, 0.29) is 6.04 Å². The van der Waals surface area contributed by atoms with E-state index in [2.05, 4.69) is 10.1 Å². The molecule has 2 N–H and O–H groups in total. The average molecular weight is 356 g/mol. The molecule has 0 bridgehead atoms. The molecule has 0 saturated heterocycles. The molecule has 1 aliphatic rings. The van der Waals surface area contributed by atoms with E-state index >= 15 is 0 Å². The van der Waals surface area contributed by atoms with E-state index in [0.717, 1.165) is 31.1 Å². The quantitative estimate of drug-likeness (QED) is 0.626. The fourth-order valence-corrected chi connectivity index (χ4v) is 1.74. The fourth-order valence-electron chi connectivity index (χ4n) is 1.74. The van der Waals surface area contributed by atoms with Crippen molar-refractivity contribution in [3.63, 3.8) is 0 Å². The molecule has 2 rings (SSSR count). The molecule has 0 radical (unpaired) electrons. The van der Waals surface area contributed by atoms with Crippen molar-refractivity contribution in [2.24, 2.45) is 0 Å². The summed E-state index contributed by atoms with van der Waals surface area (Å²) in [5, 5.41) is 4.53. The number of carbonyl (C=O) groups excluding carboxylic acids is 3. The first-order chi connectivity index (χ1) is 11.7. The molecule has 0 heterocycles. The Hall–Kier alpha value is -2.84. The van der Waals surface area contributed by atoms with Gasteiger partial charge in [0.15, 0.2) is 6.61 Å². The number of ether oxygens (including phenoxy) is 1. The number of carbonyl (C=O) groups is 3. The minimum Gasteiger partial charge on any atom is -0.452 e. The van der Waals surface area contributed by atoms with E-state index in [9.17, 15) is 27.6 Å². The second-order valence-electron chi connectivity index (χ2n) is 5.36. The van der Waals surface area contributed by atoms with Crippen molar-refractivity contribution in [1.29, 1.82) is 0 Å². The molecule has 25 heavy (non-hydrogen) atoms. The predicted octanol–water partition coefficient (Wildman–Crippen LogP) is 2.25. The summed E-state index contributed by atoms with van der Waals surface area (Å²) in [6, 6.07) is 3.60. The number of benzene rings is 1. The summed E-state index contributed by atoms with van der Waals surface area (Å²) in [6.45, 7) is -0.645. The Morgan fingerprint density at radius 2 is 1.80 bits per heavy atom. The van der Waals surface area contributed by atoms with Gasteiger partial charge in [-0.15, -0.1) is 0 Å². The van der Waals surface area contributed by atoms with Crippen molar-refractivity contribution in [2.75, 3.05) is 6.61 Å². The summed E-state index contributed by atoms with van der Waals surface area (Å²) in [4.78, 5) is 34.1. The molecule has 1 aliphatic carbocycles. The van der Waals surface area contributed by atoms with Crippen LogP contribution in [0.2, 0.25) is 0 Å². The molecular weight excluding hydrogens is 341 g/mol. The Morgan fingerprint density at radius 3 is 2.36 bits per heavy atom. The summed E-state index contributed by atoms with van der Waals surface area (Å²) in [7, 11) is 0. The van der Waals surface area contributed by atoms with Gasteiger partial charge in [-0.3, -0.25) is 10.1 Å². The largest absolute Gasteiger partial charge is 0.452 e. The van der Waals surface area contributed by atoms with Crippen LogP contribution in [0.4, 0.5) is 18.0 Å². The van der Waals surface area contributed by atoms with Crippen LogP contribution in [0.15, 0.2) is 30.3 Å². The number of halogens is 3. The number of hydrogen-bond acceptors (Lipinski definition) is 4. The first-order valence-electron chi connectivity index (χ1n) is 7.36. The number of urea groups is 1. The highest BCUT2D eigenvalue weighted by atomic mass is 19.4. The van der Waals surface area contributed by atoms with Crippen molar-refractivity contribution < 1.29 is 32.3 Å². The third-order valence-corrected chi connectivity index (χ3v) is 3.16. The van der Waals surface area contributed by atoms with Crippen molar-refractivity contribution in [1.82, 2.24) is 10.6 Å². The highest BCUT2D eigenvalue weighted by Crippen LogP contribution is 2.29. The van der Waals surface area contributed by atoms with Gasteiger partial charge >= 0.3 is 18.2 Å². The molecule has 0 atom stereocenters. The van der Waals surface area contributed by atoms with Gasteiger partial charge in [-0.2, -0.15) is 13.2 Å². The molecule has 1 fully saturated rings. The smallest absolute Gasteiger partial charge is 0.416 e. The maximum Gasteiger partial charge on any atom is 0.416 e. The topological polar surface area (TPSA) is 84.5 Å². The maximum absolute atomic E-state index is 12.4. The Kier molecular flexibility index (Phi) is 5.79. The lowest BCUT2D eigenvalue weighted by molar-refractivity contribution is -0.143. The summed E-state index contributed by atoms with van der Waals surface area (Å²) in [5.74, 6) is -1.65. The Labute approximate surface area is 141 Å². The van der Waals surface area contributed by atoms with Crippen molar-refractivity contribution in [3.8, 4) is 0 Å². The van der Waals surface area contributed by atoms with E-state index in [0.29, 0.717) is 5.56 Å². The molecule has 0 unspecified atom stereocenters. The second kappa shape index (κ2) is 7.82. The molecule has 1 saturated carbocycles. The Morgan fingerprint density at radius 1 is 1.16 bits per heavy atom. The van der Waals surface area contributed by atoms with Crippen LogP contribution in [-0.2, 0) is 20.5 Å². The second-order valence-corrected chi connectivity index (χ2v) is 5.36. The van der Waals surface area contributed by atoms with E-state index < -0.39 is 36.3 Å². The SMILES string of the molecule is O=C(COC(=O)/C=C/c1ccc(C(F)(F)F)cc1)NC(=O)NC1CC1. The molecule has 9 heteroatoms. The van der Waals surface area contributed by atoms with Gasteiger partial charge in [0.05, 0.1) is 5.56 Å². The molecule has 6 nitrogen and oxygen atoms in total. The molecule has 0 aliphatic heterocycles. The van der Waals surface area contributed by atoms with Gasteiger partial charge in [-0.25, -0.2) is 9.59 Å². The molecule has 0 spiro atoms. The van der Waals surface area contributed by atoms with Crippen LogP contribution in [0.3, 0.4) is 0 Å². The lowest BCUT2D eigenvalue weighted by Gasteiger charge is -2.06. The molecule has 134 valence electrons. The van der Waals surface area contributed by atoms with Gasteiger partial charge in [0.2, 0.25) is 0 Å². The normalized spacial score (nSPS) is 14.2. The van der Waals surface area contributed by atoms with Crippen LogP contribution >= 0.6 is 0 Å². The number of esters is 1. The van der Waals surface area contributed by atoms with Crippen LogP contribution in [0.25, 0.3) is 6.08 Å². The number of rotatable bonds is 5. The van der Waals surface area contributed by atoms with E-state index in [1.807, 2.05) is 5.32 Å². The Balaban J connectivity index is 1.74. The molecule has 3 amide bonds. The van der Waals surface area contributed by atoms with Gasteiger partial charge in [0, 0.05) is 12.1 Å². The first-order valence-corrected chi connectivity index (χ1v) is 7.36. The summed E-state index contributed by atoms with van der Waals surface area (Å²) >= 11 is 0. The number of nitrogens with one attached hydrogen (secondary N) is 2. The lowest BCUT2D eigenvalue weighted by atomic mass is 10.1. The minimum atomic E-state index is -4.43.